The van der Waals surface area contributed by atoms with Crippen molar-refractivity contribution in [3.05, 3.63) is 29.6 Å². The van der Waals surface area contributed by atoms with Crippen molar-refractivity contribution in [2.45, 2.75) is 49.5 Å². The van der Waals surface area contributed by atoms with E-state index < -0.39 is 25.7 Å². The highest BCUT2D eigenvalue weighted by Gasteiger charge is 2.22. The van der Waals surface area contributed by atoms with Crippen LogP contribution in [-0.4, -0.2) is 20.5 Å². The zero-order chi connectivity index (χ0) is 15.5. The average molecular weight is 335 g/mol. The van der Waals surface area contributed by atoms with Gasteiger partial charge < -0.3 is 4.74 Å². The molecule has 7 heteroatoms. The van der Waals surface area contributed by atoms with Gasteiger partial charge in [-0.1, -0.05) is 12.8 Å². The largest absolute Gasteiger partial charge is 0.459 e. The van der Waals surface area contributed by atoms with Crippen molar-refractivity contribution >= 4 is 25.7 Å². The van der Waals surface area contributed by atoms with Crippen molar-refractivity contribution in [3.8, 4) is 0 Å². The van der Waals surface area contributed by atoms with Crippen LogP contribution < -0.4 is 0 Å². The van der Waals surface area contributed by atoms with Crippen molar-refractivity contribution in [3.63, 3.8) is 0 Å². The molecule has 21 heavy (non-hydrogen) atoms. The summed E-state index contributed by atoms with van der Waals surface area (Å²) in [5, 5.41) is 0. The minimum atomic E-state index is -4.24. The molecule has 0 aliphatic heterocycles. The number of rotatable bonds is 3. The standard InChI is InChI=1S/C14H16ClFO4S/c15-21(18,19)13-9-10(7-8-12(13)16)14(17)20-11-5-3-1-2-4-6-11/h7-9,11H,1-6H2. The van der Waals surface area contributed by atoms with Gasteiger partial charge in [0.05, 0.1) is 5.56 Å². The number of benzene rings is 1. The number of hydrogen-bond donors (Lipinski definition) is 0. The fourth-order valence-electron chi connectivity index (χ4n) is 2.40. The van der Waals surface area contributed by atoms with Gasteiger partial charge in [0.2, 0.25) is 0 Å². The molecule has 0 N–H and O–H groups in total. The van der Waals surface area contributed by atoms with Gasteiger partial charge in [-0.25, -0.2) is 17.6 Å². The highest BCUT2D eigenvalue weighted by molar-refractivity contribution is 8.13. The van der Waals surface area contributed by atoms with Crippen molar-refractivity contribution in [1.82, 2.24) is 0 Å². The van der Waals surface area contributed by atoms with E-state index in [1.807, 2.05) is 0 Å². The normalized spacial score (nSPS) is 17.2. The molecule has 1 fully saturated rings. The van der Waals surface area contributed by atoms with Crippen LogP contribution in [0.15, 0.2) is 23.1 Å². The first kappa shape index (κ1) is 16.2. The molecule has 1 aromatic rings. The maximum atomic E-state index is 13.4. The first-order chi connectivity index (χ1) is 9.88. The van der Waals surface area contributed by atoms with Gasteiger partial charge in [-0.2, -0.15) is 0 Å². The smallest absolute Gasteiger partial charge is 0.338 e. The third-order valence-corrected chi connectivity index (χ3v) is 4.84. The van der Waals surface area contributed by atoms with Crippen LogP contribution in [0.4, 0.5) is 4.39 Å². The quantitative estimate of drug-likeness (QED) is 0.481. The second-order valence-electron chi connectivity index (χ2n) is 5.10. The van der Waals surface area contributed by atoms with E-state index in [1.165, 1.54) is 6.07 Å². The van der Waals surface area contributed by atoms with Gasteiger partial charge in [-0.05, 0) is 43.9 Å². The van der Waals surface area contributed by atoms with Crippen LogP contribution in [0.25, 0.3) is 0 Å². The summed E-state index contributed by atoms with van der Waals surface area (Å²) >= 11 is 0. The zero-order valence-corrected chi connectivity index (χ0v) is 12.9. The Morgan fingerprint density at radius 3 is 2.38 bits per heavy atom. The van der Waals surface area contributed by atoms with Gasteiger partial charge in [-0.15, -0.1) is 0 Å². The fraction of sp³-hybridized carbons (Fsp3) is 0.500. The van der Waals surface area contributed by atoms with E-state index in [1.54, 1.807) is 0 Å². The molecule has 2 rings (SSSR count). The number of hydrogen-bond acceptors (Lipinski definition) is 4. The van der Waals surface area contributed by atoms with Gasteiger partial charge in [0.1, 0.15) is 16.8 Å². The van der Waals surface area contributed by atoms with E-state index in [4.69, 9.17) is 15.4 Å². The van der Waals surface area contributed by atoms with Crippen LogP contribution >= 0.6 is 10.7 Å². The molecule has 0 radical (unpaired) electrons. The lowest BCUT2D eigenvalue weighted by atomic mass is 10.1. The monoisotopic (exact) mass is 334 g/mol. The molecule has 116 valence electrons. The van der Waals surface area contributed by atoms with Gasteiger partial charge in [-0.3, -0.25) is 0 Å². The molecule has 1 aliphatic carbocycles. The lowest BCUT2D eigenvalue weighted by molar-refractivity contribution is 0.0267. The van der Waals surface area contributed by atoms with E-state index in [-0.39, 0.29) is 11.7 Å². The number of esters is 1. The fourth-order valence-corrected chi connectivity index (χ4v) is 3.32. The van der Waals surface area contributed by atoms with Gasteiger partial charge in [0, 0.05) is 10.7 Å². The number of carbonyl (C=O) groups is 1. The molecule has 0 atom stereocenters. The minimum Gasteiger partial charge on any atom is -0.459 e. The number of ether oxygens (including phenoxy) is 1. The molecular weight excluding hydrogens is 319 g/mol. The van der Waals surface area contributed by atoms with Crippen molar-refractivity contribution in [2.24, 2.45) is 0 Å². The van der Waals surface area contributed by atoms with Crippen molar-refractivity contribution in [1.29, 1.82) is 0 Å². The van der Waals surface area contributed by atoms with Crippen molar-refractivity contribution < 1.29 is 22.3 Å². The molecule has 0 heterocycles. The molecule has 0 unspecified atom stereocenters. The molecule has 0 amide bonds. The maximum absolute atomic E-state index is 13.4. The summed E-state index contributed by atoms with van der Waals surface area (Å²) in [7, 11) is 0.895. The lowest BCUT2D eigenvalue weighted by Gasteiger charge is -2.15. The van der Waals surface area contributed by atoms with Crippen LogP contribution in [0.1, 0.15) is 48.9 Å². The Labute approximate surface area is 127 Å². The van der Waals surface area contributed by atoms with Crippen LogP contribution in [0.3, 0.4) is 0 Å². The SMILES string of the molecule is O=C(OC1CCCCCC1)c1ccc(F)c(S(=O)(=O)Cl)c1. The van der Waals surface area contributed by atoms with Crippen LogP contribution in [-0.2, 0) is 13.8 Å². The molecule has 1 saturated carbocycles. The molecule has 0 saturated heterocycles. The highest BCUT2D eigenvalue weighted by Crippen LogP contribution is 2.23. The van der Waals surface area contributed by atoms with Crippen LogP contribution in [0, 0.1) is 5.82 Å². The Morgan fingerprint density at radius 2 is 1.81 bits per heavy atom. The minimum absolute atomic E-state index is 0.0140. The number of carbonyl (C=O) groups excluding carboxylic acids is 1. The Balaban J connectivity index is 2.16. The molecule has 0 aromatic heterocycles. The maximum Gasteiger partial charge on any atom is 0.338 e. The number of halogens is 2. The van der Waals surface area contributed by atoms with Gasteiger partial charge in [0.15, 0.2) is 0 Å². The molecule has 0 spiro atoms. The topological polar surface area (TPSA) is 60.4 Å². The summed E-state index contributed by atoms with van der Waals surface area (Å²) < 4.78 is 41.3. The highest BCUT2D eigenvalue weighted by atomic mass is 35.7. The van der Waals surface area contributed by atoms with Gasteiger partial charge >= 0.3 is 5.97 Å². The Hall–Kier alpha value is -1.14. The summed E-state index contributed by atoms with van der Waals surface area (Å²) in [6.45, 7) is 0. The summed E-state index contributed by atoms with van der Waals surface area (Å²) in [4.78, 5) is 11.3. The molecule has 4 nitrogen and oxygen atoms in total. The Morgan fingerprint density at radius 1 is 1.19 bits per heavy atom. The first-order valence-corrected chi connectivity index (χ1v) is 9.14. The summed E-state index contributed by atoms with van der Waals surface area (Å²) in [6, 6.07) is 3.01. The van der Waals surface area contributed by atoms with E-state index in [0.717, 1.165) is 50.7 Å². The Kier molecular flexibility index (Phi) is 5.22. The van der Waals surface area contributed by atoms with Crippen LogP contribution in [0.2, 0.25) is 0 Å². The second-order valence-corrected chi connectivity index (χ2v) is 7.64. The molecular formula is C14H16ClFO4S. The van der Waals surface area contributed by atoms with Crippen LogP contribution in [0.5, 0.6) is 0 Å². The lowest BCUT2D eigenvalue weighted by Crippen LogP contribution is -2.18. The second kappa shape index (κ2) is 6.75. The summed E-state index contributed by atoms with van der Waals surface area (Å²) in [6.07, 6.45) is 5.69. The predicted molar refractivity (Wildman–Crippen MR) is 76.3 cm³/mol. The van der Waals surface area contributed by atoms with Gasteiger partial charge in [0.25, 0.3) is 9.05 Å². The predicted octanol–water partition coefficient (Wildman–Crippen LogP) is 3.63. The first-order valence-electron chi connectivity index (χ1n) is 6.83. The van der Waals surface area contributed by atoms with E-state index in [2.05, 4.69) is 0 Å². The van der Waals surface area contributed by atoms with E-state index in [0.29, 0.717) is 0 Å². The third kappa shape index (κ3) is 4.41. The van der Waals surface area contributed by atoms with Crippen molar-refractivity contribution in [2.75, 3.05) is 0 Å². The summed E-state index contributed by atoms with van der Waals surface area (Å²) in [5.41, 5.74) is -0.0140. The molecule has 0 bridgehead atoms. The van der Waals surface area contributed by atoms with E-state index >= 15 is 0 Å². The molecule has 1 aromatic carbocycles. The average Bonchev–Trinajstić information content (AvgIpc) is 2.66. The zero-order valence-electron chi connectivity index (χ0n) is 11.3. The third-order valence-electron chi connectivity index (χ3n) is 3.51. The Bertz CT molecular complexity index is 622. The molecule has 1 aliphatic rings. The summed E-state index contributed by atoms with van der Waals surface area (Å²) in [5.74, 6) is -1.64. The van der Waals surface area contributed by atoms with E-state index in [9.17, 15) is 17.6 Å².